The number of hydrogen-bond acceptors (Lipinski definition) is 4. The van der Waals surface area contributed by atoms with E-state index in [0.29, 0.717) is 32.9 Å². The molecule has 2 fully saturated rings. The number of rotatable bonds is 5. The smallest absolute Gasteiger partial charge is 0.256 e. The molecule has 2 aromatic rings. The Balaban J connectivity index is 1.65. The first-order valence-electron chi connectivity index (χ1n) is 10.3. The van der Waals surface area contributed by atoms with Crippen molar-refractivity contribution in [2.75, 3.05) is 33.5 Å². The Hall–Kier alpha value is -1.89. The van der Waals surface area contributed by atoms with Crippen molar-refractivity contribution in [3.63, 3.8) is 0 Å². The number of aliphatic hydroxyl groups is 1. The van der Waals surface area contributed by atoms with Gasteiger partial charge in [-0.3, -0.25) is 4.79 Å². The number of aliphatic hydroxyl groups excluding tert-OH is 1. The Labute approximate surface area is 166 Å². The number of para-hydroxylation sites is 1. The van der Waals surface area contributed by atoms with E-state index in [9.17, 15) is 9.90 Å². The number of hydrogen-bond donors (Lipinski definition) is 1. The topological polar surface area (TPSA) is 63.9 Å². The molecule has 2 heterocycles. The number of nitrogens with zero attached hydrogens (tertiary/aromatic N) is 2. The molecule has 4 rings (SSSR count). The summed E-state index contributed by atoms with van der Waals surface area (Å²) in [5, 5.41) is 11.5. The van der Waals surface area contributed by atoms with Crippen molar-refractivity contribution in [1.29, 1.82) is 0 Å². The standard InChI is InChI=1S/C22H30N2O4/c1-27-12-10-23-14-18(16-6-2-4-8-19(16)23)22(26)24-11-13-28-15-20(24)17-7-3-5-9-21(17)25/h2,4,6,8,14,17,20-21,25H,3,5,7,9-13,15H2,1H3/t17-,20+,21+/m0/s1. The van der Waals surface area contributed by atoms with E-state index in [1.807, 2.05) is 35.4 Å². The van der Waals surface area contributed by atoms with E-state index in [1.165, 1.54) is 0 Å². The number of morpholine rings is 1. The zero-order valence-corrected chi connectivity index (χ0v) is 16.5. The number of aromatic nitrogens is 1. The van der Waals surface area contributed by atoms with Crippen LogP contribution in [-0.4, -0.2) is 66.1 Å². The van der Waals surface area contributed by atoms with E-state index < -0.39 is 0 Å². The van der Waals surface area contributed by atoms with Crippen molar-refractivity contribution in [3.05, 3.63) is 36.0 Å². The van der Waals surface area contributed by atoms with E-state index in [2.05, 4.69) is 4.57 Å². The van der Waals surface area contributed by atoms with Crippen LogP contribution in [0.2, 0.25) is 0 Å². The van der Waals surface area contributed by atoms with Crippen LogP contribution >= 0.6 is 0 Å². The first-order valence-corrected chi connectivity index (χ1v) is 10.3. The summed E-state index contributed by atoms with van der Waals surface area (Å²) in [7, 11) is 1.69. The van der Waals surface area contributed by atoms with Gasteiger partial charge < -0.3 is 24.0 Å². The molecule has 0 radical (unpaired) electrons. The van der Waals surface area contributed by atoms with Gasteiger partial charge in [-0.05, 0) is 18.9 Å². The van der Waals surface area contributed by atoms with Crippen LogP contribution in [0, 0.1) is 5.92 Å². The normalized spacial score (nSPS) is 25.9. The lowest BCUT2D eigenvalue weighted by Gasteiger charge is -2.43. The van der Waals surface area contributed by atoms with Crippen LogP contribution in [0.25, 0.3) is 10.9 Å². The summed E-state index contributed by atoms with van der Waals surface area (Å²) < 4.78 is 13.0. The van der Waals surface area contributed by atoms with Crippen molar-refractivity contribution < 1.29 is 19.4 Å². The number of carbonyl (C=O) groups excluding carboxylic acids is 1. The Morgan fingerprint density at radius 2 is 2.11 bits per heavy atom. The molecule has 0 spiro atoms. The Morgan fingerprint density at radius 3 is 2.93 bits per heavy atom. The number of benzene rings is 1. The molecule has 6 nitrogen and oxygen atoms in total. The monoisotopic (exact) mass is 386 g/mol. The second kappa shape index (κ2) is 8.64. The number of fused-ring (bicyclic) bond motifs is 1. The molecule has 1 aliphatic heterocycles. The Morgan fingerprint density at radius 1 is 1.29 bits per heavy atom. The molecule has 6 heteroatoms. The summed E-state index contributed by atoms with van der Waals surface area (Å²) >= 11 is 0. The summed E-state index contributed by atoms with van der Waals surface area (Å²) in [6, 6.07) is 7.97. The highest BCUT2D eigenvalue weighted by molar-refractivity contribution is 6.07. The molecule has 0 unspecified atom stereocenters. The maximum absolute atomic E-state index is 13.6. The SMILES string of the molecule is COCCn1cc(C(=O)N2CCOC[C@@H]2[C@@H]2CCCC[C@H]2O)c2ccccc21. The van der Waals surface area contributed by atoms with E-state index in [4.69, 9.17) is 9.47 Å². The van der Waals surface area contributed by atoms with Crippen LogP contribution in [0.5, 0.6) is 0 Å². The summed E-state index contributed by atoms with van der Waals surface area (Å²) in [6.07, 6.45) is 5.55. The first kappa shape index (κ1) is 19.4. The average molecular weight is 386 g/mol. The van der Waals surface area contributed by atoms with Gasteiger partial charge in [0.15, 0.2) is 0 Å². The van der Waals surface area contributed by atoms with E-state index >= 15 is 0 Å². The average Bonchev–Trinajstić information content (AvgIpc) is 3.11. The Bertz CT molecular complexity index is 818. The zero-order chi connectivity index (χ0) is 19.5. The fraction of sp³-hybridized carbons (Fsp3) is 0.591. The van der Waals surface area contributed by atoms with Crippen LogP contribution in [0.4, 0.5) is 0 Å². The van der Waals surface area contributed by atoms with Crippen LogP contribution in [0.15, 0.2) is 30.5 Å². The van der Waals surface area contributed by atoms with Gasteiger partial charge in [0.05, 0.1) is 37.5 Å². The van der Waals surface area contributed by atoms with Crippen LogP contribution < -0.4 is 0 Å². The van der Waals surface area contributed by atoms with Gasteiger partial charge in [0.25, 0.3) is 5.91 Å². The van der Waals surface area contributed by atoms with Gasteiger partial charge in [-0.1, -0.05) is 31.0 Å². The molecule has 1 saturated heterocycles. The molecule has 1 aliphatic carbocycles. The summed E-state index contributed by atoms with van der Waals surface area (Å²) in [6.45, 7) is 2.94. The lowest BCUT2D eigenvalue weighted by molar-refractivity contribution is -0.0562. The molecule has 1 aromatic carbocycles. The molecule has 1 saturated carbocycles. The van der Waals surface area contributed by atoms with E-state index in [1.54, 1.807) is 7.11 Å². The van der Waals surface area contributed by atoms with Crippen LogP contribution in [-0.2, 0) is 16.0 Å². The highest BCUT2D eigenvalue weighted by Gasteiger charge is 2.39. The van der Waals surface area contributed by atoms with E-state index in [0.717, 1.165) is 42.1 Å². The van der Waals surface area contributed by atoms with Gasteiger partial charge in [0.2, 0.25) is 0 Å². The molecule has 1 N–H and O–H groups in total. The summed E-state index contributed by atoms with van der Waals surface area (Å²) in [5.41, 5.74) is 1.77. The van der Waals surface area contributed by atoms with Gasteiger partial charge in [0, 0.05) is 43.2 Å². The van der Waals surface area contributed by atoms with Gasteiger partial charge >= 0.3 is 0 Å². The summed E-state index contributed by atoms with van der Waals surface area (Å²) in [4.78, 5) is 15.6. The molecular formula is C22H30N2O4. The van der Waals surface area contributed by atoms with Crippen LogP contribution in [0.3, 0.4) is 0 Å². The number of ether oxygens (including phenoxy) is 2. The number of methoxy groups -OCH3 is 1. The predicted molar refractivity (Wildman–Crippen MR) is 107 cm³/mol. The van der Waals surface area contributed by atoms with Crippen LogP contribution in [0.1, 0.15) is 36.0 Å². The largest absolute Gasteiger partial charge is 0.393 e. The molecule has 152 valence electrons. The first-order chi connectivity index (χ1) is 13.7. The van der Waals surface area contributed by atoms with Gasteiger partial charge in [-0.15, -0.1) is 0 Å². The molecule has 1 aromatic heterocycles. The molecule has 3 atom stereocenters. The van der Waals surface area contributed by atoms with Crippen molar-refractivity contribution in [2.24, 2.45) is 5.92 Å². The lowest BCUT2D eigenvalue weighted by Crippen LogP contribution is -2.55. The minimum Gasteiger partial charge on any atom is -0.393 e. The predicted octanol–water partition coefficient (Wildman–Crippen LogP) is 2.68. The van der Waals surface area contributed by atoms with Gasteiger partial charge in [0.1, 0.15) is 0 Å². The number of amides is 1. The third-order valence-corrected chi connectivity index (χ3v) is 6.26. The maximum atomic E-state index is 13.6. The van der Waals surface area contributed by atoms with E-state index in [-0.39, 0.29) is 24.0 Å². The highest BCUT2D eigenvalue weighted by Crippen LogP contribution is 2.32. The highest BCUT2D eigenvalue weighted by atomic mass is 16.5. The molecule has 2 aliphatic rings. The van der Waals surface area contributed by atoms with Crippen molar-refractivity contribution in [3.8, 4) is 0 Å². The maximum Gasteiger partial charge on any atom is 0.256 e. The quantitative estimate of drug-likeness (QED) is 0.858. The fourth-order valence-corrected chi connectivity index (χ4v) is 4.76. The molecule has 0 bridgehead atoms. The van der Waals surface area contributed by atoms with Crippen molar-refractivity contribution >= 4 is 16.8 Å². The van der Waals surface area contributed by atoms with Gasteiger partial charge in [-0.25, -0.2) is 0 Å². The zero-order valence-electron chi connectivity index (χ0n) is 16.5. The summed E-state index contributed by atoms with van der Waals surface area (Å²) in [5.74, 6) is 0.137. The second-order valence-electron chi connectivity index (χ2n) is 7.90. The lowest BCUT2D eigenvalue weighted by atomic mass is 9.80. The fourth-order valence-electron chi connectivity index (χ4n) is 4.76. The Kier molecular flexibility index (Phi) is 5.99. The van der Waals surface area contributed by atoms with Crippen molar-refractivity contribution in [2.45, 2.75) is 44.4 Å². The third-order valence-electron chi connectivity index (χ3n) is 6.26. The molecule has 28 heavy (non-hydrogen) atoms. The molecular weight excluding hydrogens is 356 g/mol. The molecule has 1 amide bonds. The van der Waals surface area contributed by atoms with Gasteiger partial charge in [-0.2, -0.15) is 0 Å². The third kappa shape index (κ3) is 3.69. The minimum absolute atomic E-state index is 0.0402. The second-order valence-corrected chi connectivity index (χ2v) is 7.90. The van der Waals surface area contributed by atoms with Crippen molar-refractivity contribution in [1.82, 2.24) is 9.47 Å². The minimum atomic E-state index is -0.348. The number of carbonyl (C=O) groups is 1.